The average Bonchev–Trinajstić information content (AvgIpc) is 2.82. The van der Waals surface area contributed by atoms with Crippen molar-refractivity contribution in [1.29, 1.82) is 0 Å². The Kier molecular flexibility index (Phi) is 10.6. The third-order valence-corrected chi connectivity index (χ3v) is 6.97. The number of benzene rings is 2. The third-order valence-electron chi connectivity index (χ3n) is 5.79. The number of amides is 2. The maximum absolute atomic E-state index is 13.4. The van der Waals surface area contributed by atoms with Crippen molar-refractivity contribution in [3.8, 4) is 5.75 Å². The van der Waals surface area contributed by atoms with Crippen molar-refractivity contribution in [1.82, 2.24) is 10.2 Å². The Morgan fingerprint density at radius 1 is 1.06 bits per heavy atom. The molecular formula is C26H37N3O5S. The van der Waals surface area contributed by atoms with Gasteiger partial charge in [-0.3, -0.25) is 13.9 Å². The van der Waals surface area contributed by atoms with E-state index in [1.54, 1.807) is 24.1 Å². The van der Waals surface area contributed by atoms with Crippen molar-refractivity contribution in [2.75, 3.05) is 30.8 Å². The number of carbonyl (C=O) groups excluding carboxylic acids is 2. The number of hydrogen-bond donors (Lipinski definition) is 1. The van der Waals surface area contributed by atoms with Crippen LogP contribution in [0.5, 0.6) is 5.75 Å². The van der Waals surface area contributed by atoms with E-state index in [9.17, 15) is 18.0 Å². The van der Waals surface area contributed by atoms with Gasteiger partial charge in [0, 0.05) is 26.1 Å². The quantitative estimate of drug-likeness (QED) is 0.451. The lowest BCUT2D eigenvalue weighted by Crippen LogP contribution is -2.49. The molecule has 0 saturated carbocycles. The summed E-state index contributed by atoms with van der Waals surface area (Å²) >= 11 is 0. The minimum absolute atomic E-state index is 0.115. The van der Waals surface area contributed by atoms with Crippen LogP contribution < -0.4 is 14.4 Å². The molecule has 1 atom stereocenters. The van der Waals surface area contributed by atoms with Gasteiger partial charge in [-0.1, -0.05) is 37.3 Å². The van der Waals surface area contributed by atoms with Crippen LogP contribution in [-0.2, 0) is 26.2 Å². The Labute approximate surface area is 209 Å². The second-order valence-corrected chi connectivity index (χ2v) is 10.3. The molecule has 2 rings (SSSR count). The first-order valence-corrected chi connectivity index (χ1v) is 13.7. The van der Waals surface area contributed by atoms with Gasteiger partial charge in [0.15, 0.2) is 0 Å². The number of nitrogens with zero attached hydrogens (tertiary/aromatic N) is 2. The van der Waals surface area contributed by atoms with Gasteiger partial charge in [-0.15, -0.1) is 0 Å². The van der Waals surface area contributed by atoms with E-state index in [1.165, 1.54) is 10.6 Å². The number of sulfonamides is 1. The predicted octanol–water partition coefficient (Wildman–Crippen LogP) is 3.49. The second kappa shape index (κ2) is 13.1. The summed E-state index contributed by atoms with van der Waals surface area (Å²) in [5.41, 5.74) is 2.32. The molecule has 0 aliphatic rings. The fraction of sp³-hybridized carbons (Fsp3) is 0.462. The van der Waals surface area contributed by atoms with Crippen molar-refractivity contribution in [2.24, 2.45) is 0 Å². The van der Waals surface area contributed by atoms with Gasteiger partial charge in [0.25, 0.3) is 0 Å². The van der Waals surface area contributed by atoms with E-state index in [1.807, 2.05) is 57.2 Å². The highest BCUT2D eigenvalue weighted by Gasteiger charge is 2.28. The van der Waals surface area contributed by atoms with Gasteiger partial charge in [0.2, 0.25) is 21.8 Å². The number of ether oxygens (including phenoxy) is 1. The lowest BCUT2D eigenvalue weighted by molar-refractivity contribution is -0.141. The SMILES string of the molecule is CCNC(=O)C(CC)N(Cc1ccc(OC)cc1)C(=O)CCCN(c1ccccc1C)S(C)(=O)=O. The van der Waals surface area contributed by atoms with E-state index in [2.05, 4.69) is 5.32 Å². The Bertz CT molecular complexity index is 1090. The van der Waals surface area contributed by atoms with Gasteiger partial charge >= 0.3 is 0 Å². The van der Waals surface area contributed by atoms with Gasteiger partial charge in [-0.2, -0.15) is 0 Å². The van der Waals surface area contributed by atoms with Gasteiger partial charge in [0.1, 0.15) is 11.8 Å². The summed E-state index contributed by atoms with van der Waals surface area (Å²) in [4.78, 5) is 27.7. The monoisotopic (exact) mass is 503 g/mol. The van der Waals surface area contributed by atoms with E-state index in [0.29, 0.717) is 30.8 Å². The molecule has 9 heteroatoms. The second-order valence-electron chi connectivity index (χ2n) is 8.41. The highest BCUT2D eigenvalue weighted by atomic mass is 32.2. The van der Waals surface area contributed by atoms with Crippen LogP contribution in [0.25, 0.3) is 0 Å². The first-order valence-electron chi connectivity index (χ1n) is 11.9. The van der Waals surface area contributed by atoms with E-state index in [-0.39, 0.29) is 31.3 Å². The molecule has 8 nitrogen and oxygen atoms in total. The molecule has 2 aromatic rings. The summed E-state index contributed by atoms with van der Waals surface area (Å²) in [7, 11) is -1.94. The summed E-state index contributed by atoms with van der Waals surface area (Å²) in [6, 6.07) is 14.0. The van der Waals surface area contributed by atoms with Crippen molar-refractivity contribution in [3.63, 3.8) is 0 Å². The van der Waals surface area contributed by atoms with Gasteiger partial charge in [0.05, 0.1) is 19.1 Å². The fourth-order valence-electron chi connectivity index (χ4n) is 3.96. The van der Waals surface area contributed by atoms with Crippen molar-refractivity contribution >= 4 is 27.5 Å². The van der Waals surface area contributed by atoms with Crippen molar-refractivity contribution in [2.45, 2.75) is 52.6 Å². The molecule has 0 aromatic heterocycles. The number of nitrogens with one attached hydrogen (secondary N) is 1. The van der Waals surface area contributed by atoms with Crippen LogP contribution in [0.4, 0.5) is 5.69 Å². The first-order chi connectivity index (χ1) is 16.6. The molecule has 0 aliphatic heterocycles. The zero-order valence-corrected chi connectivity index (χ0v) is 22.1. The first kappa shape index (κ1) is 28.2. The summed E-state index contributed by atoms with van der Waals surface area (Å²) in [5.74, 6) is 0.311. The summed E-state index contributed by atoms with van der Waals surface area (Å²) in [5, 5.41) is 2.82. The summed E-state index contributed by atoms with van der Waals surface area (Å²) < 4.78 is 31.5. The highest BCUT2D eigenvalue weighted by molar-refractivity contribution is 7.92. The maximum Gasteiger partial charge on any atom is 0.242 e. The fourth-order valence-corrected chi connectivity index (χ4v) is 4.99. The van der Waals surface area contributed by atoms with E-state index in [4.69, 9.17) is 4.74 Å². The van der Waals surface area contributed by atoms with Crippen LogP contribution in [0, 0.1) is 6.92 Å². The molecule has 0 spiro atoms. The molecule has 2 amide bonds. The number of rotatable bonds is 13. The molecule has 192 valence electrons. The number of anilines is 1. The highest BCUT2D eigenvalue weighted by Crippen LogP contribution is 2.23. The molecule has 0 saturated heterocycles. The molecule has 0 heterocycles. The van der Waals surface area contributed by atoms with Crippen LogP contribution in [0.2, 0.25) is 0 Å². The topological polar surface area (TPSA) is 96.0 Å². The molecular weight excluding hydrogens is 466 g/mol. The van der Waals surface area contributed by atoms with E-state index in [0.717, 1.165) is 11.1 Å². The van der Waals surface area contributed by atoms with Crippen LogP contribution >= 0.6 is 0 Å². The minimum Gasteiger partial charge on any atom is -0.497 e. The molecule has 1 unspecified atom stereocenters. The summed E-state index contributed by atoms with van der Waals surface area (Å²) in [6.45, 7) is 6.48. The van der Waals surface area contributed by atoms with E-state index >= 15 is 0 Å². The molecule has 35 heavy (non-hydrogen) atoms. The Morgan fingerprint density at radius 3 is 2.26 bits per heavy atom. The number of carbonyl (C=O) groups is 2. The molecule has 0 bridgehead atoms. The zero-order chi connectivity index (χ0) is 26.0. The molecule has 2 aromatic carbocycles. The van der Waals surface area contributed by atoms with Crippen molar-refractivity contribution < 1.29 is 22.7 Å². The lowest BCUT2D eigenvalue weighted by Gasteiger charge is -2.31. The van der Waals surface area contributed by atoms with Gasteiger partial charge < -0.3 is 15.0 Å². The standard InChI is InChI=1S/C26H37N3O5S/c1-6-23(26(31)27-7-2)28(19-21-14-16-22(34-4)17-15-21)25(30)13-10-18-29(35(5,32)33)24-12-9-8-11-20(24)3/h8-9,11-12,14-17,23H,6-7,10,13,18-19H2,1-5H3,(H,27,31). The Morgan fingerprint density at radius 2 is 1.71 bits per heavy atom. The molecule has 0 aliphatic carbocycles. The van der Waals surface area contributed by atoms with Crippen LogP contribution in [0.1, 0.15) is 44.2 Å². The number of para-hydroxylation sites is 1. The van der Waals surface area contributed by atoms with Crippen molar-refractivity contribution in [3.05, 3.63) is 59.7 Å². The predicted molar refractivity (Wildman–Crippen MR) is 139 cm³/mol. The normalized spacial score (nSPS) is 12.0. The van der Waals surface area contributed by atoms with Crippen LogP contribution in [0.15, 0.2) is 48.5 Å². The largest absolute Gasteiger partial charge is 0.497 e. The third kappa shape index (κ3) is 7.99. The van der Waals surface area contributed by atoms with Crippen LogP contribution in [-0.4, -0.2) is 57.6 Å². The number of hydrogen-bond acceptors (Lipinski definition) is 5. The number of methoxy groups -OCH3 is 1. The van der Waals surface area contributed by atoms with Gasteiger partial charge in [-0.25, -0.2) is 8.42 Å². The molecule has 0 fully saturated rings. The Balaban J connectivity index is 2.21. The smallest absolute Gasteiger partial charge is 0.242 e. The summed E-state index contributed by atoms with van der Waals surface area (Å²) in [6.07, 6.45) is 2.07. The Hall–Kier alpha value is -3.07. The van der Waals surface area contributed by atoms with E-state index < -0.39 is 16.1 Å². The average molecular weight is 504 g/mol. The lowest BCUT2D eigenvalue weighted by atomic mass is 10.1. The van der Waals surface area contributed by atoms with Crippen LogP contribution in [0.3, 0.4) is 0 Å². The number of aryl methyl sites for hydroxylation is 1. The minimum atomic E-state index is -3.52. The molecule has 0 radical (unpaired) electrons. The number of likely N-dealkylation sites (N-methyl/N-ethyl adjacent to an activating group) is 1. The zero-order valence-electron chi connectivity index (χ0n) is 21.3. The maximum atomic E-state index is 13.4. The molecule has 1 N–H and O–H groups in total. The van der Waals surface area contributed by atoms with Gasteiger partial charge in [-0.05, 0) is 56.0 Å².